The van der Waals surface area contributed by atoms with Crippen LogP contribution in [0.4, 0.5) is 5.69 Å². The van der Waals surface area contributed by atoms with Gasteiger partial charge in [0.15, 0.2) is 0 Å². The highest BCUT2D eigenvalue weighted by atomic mass is 15.0. The van der Waals surface area contributed by atoms with Crippen LogP contribution in [0.2, 0.25) is 0 Å². The molecule has 4 nitrogen and oxygen atoms in total. The monoisotopic (exact) mass is 262 g/mol. The minimum atomic E-state index is 0.544. The minimum Gasteiger partial charge on any atom is -0.399 e. The van der Waals surface area contributed by atoms with Gasteiger partial charge in [0.1, 0.15) is 12.4 Å². The maximum Gasteiger partial charge on any atom is 0.101 e. The SMILES string of the molecule is Cc1cc2ncn(-c3ccc(N)cc3C#N)c2cc1C. The Morgan fingerprint density at radius 2 is 1.90 bits per heavy atom. The van der Waals surface area contributed by atoms with E-state index in [9.17, 15) is 5.26 Å². The molecule has 0 atom stereocenters. The molecule has 4 heteroatoms. The molecule has 0 saturated heterocycles. The van der Waals surface area contributed by atoms with Crippen molar-refractivity contribution in [3.8, 4) is 11.8 Å². The van der Waals surface area contributed by atoms with E-state index in [1.807, 2.05) is 10.6 Å². The predicted molar refractivity (Wildman–Crippen MR) is 79.7 cm³/mol. The van der Waals surface area contributed by atoms with Crippen molar-refractivity contribution in [2.75, 3.05) is 5.73 Å². The quantitative estimate of drug-likeness (QED) is 0.685. The maximum absolute atomic E-state index is 9.27. The summed E-state index contributed by atoms with van der Waals surface area (Å²) in [6, 6.07) is 11.7. The zero-order valence-electron chi connectivity index (χ0n) is 11.4. The first-order valence-corrected chi connectivity index (χ1v) is 6.34. The Morgan fingerprint density at radius 1 is 1.15 bits per heavy atom. The largest absolute Gasteiger partial charge is 0.399 e. The van der Waals surface area contributed by atoms with Crippen LogP contribution >= 0.6 is 0 Å². The second-order valence-electron chi connectivity index (χ2n) is 4.93. The molecule has 3 rings (SSSR count). The number of benzene rings is 2. The van der Waals surface area contributed by atoms with Crippen molar-refractivity contribution >= 4 is 16.7 Å². The fourth-order valence-corrected chi connectivity index (χ4v) is 2.31. The molecule has 2 aromatic carbocycles. The van der Waals surface area contributed by atoms with E-state index in [2.05, 4.69) is 37.0 Å². The van der Waals surface area contributed by atoms with E-state index < -0.39 is 0 Å². The van der Waals surface area contributed by atoms with Crippen LogP contribution in [0.25, 0.3) is 16.7 Å². The summed E-state index contributed by atoms with van der Waals surface area (Å²) < 4.78 is 1.93. The van der Waals surface area contributed by atoms with Crippen molar-refractivity contribution in [2.45, 2.75) is 13.8 Å². The molecule has 0 spiro atoms. The average molecular weight is 262 g/mol. The van der Waals surface area contributed by atoms with Gasteiger partial charge in [-0.2, -0.15) is 5.26 Å². The Labute approximate surface area is 117 Å². The molecule has 20 heavy (non-hydrogen) atoms. The molecule has 0 aliphatic heterocycles. The van der Waals surface area contributed by atoms with Crippen molar-refractivity contribution in [1.29, 1.82) is 5.26 Å². The number of imidazole rings is 1. The number of nitrogens with two attached hydrogens (primary N) is 1. The third-order valence-electron chi connectivity index (χ3n) is 3.56. The summed E-state index contributed by atoms with van der Waals surface area (Å²) in [5, 5.41) is 9.27. The van der Waals surface area contributed by atoms with Crippen molar-refractivity contribution in [3.63, 3.8) is 0 Å². The number of aryl methyl sites for hydroxylation is 2. The summed E-state index contributed by atoms with van der Waals surface area (Å²) in [5.74, 6) is 0. The summed E-state index contributed by atoms with van der Waals surface area (Å²) in [6.07, 6.45) is 1.75. The van der Waals surface area contributed by atoms with E-state index in [0.717, 1.165) is 16.7 Å². The van der Waals surface area contributed by atoms with Gasteiger partial charge in [-0.15, -0.1) is 0 Å². The van der Waals surface area contributed by atoms with E-state index in [1.54, 1.807) is 18.5 Å². The lowest BCUT2D eigenvalue weighted by Gasteiger charge is -2.08. The first kappa shape index (κ1) is 12.2. The maximum atomic E-state index is 9.27. The molecule has 1 aromatic heterocycles. The Bertz CT molecular complexity index is 853. The van der Waals surface area contributed by atoms with Gasteiger partial charge in [0, 0.05) is 5.69 Å². The topological polar surface area (TPSA) is 67.6 Å². The molecule has 0 aliphatic carbocycles. The molecule has 0 unspecified atom stereocenters. The van der Waals surface area contributed by atoms with Crippen LogP contribution in [-0.2, 0) is 0 Å². The molecule has 98 valence electrons. The fraction of sp³-hybridized carbons (Fsp3) is 0.125. The highest BCUT2D eigenvalue weighted by Crippen LogP contribution is 2.24. The number of aromatic nitrogens is 2. The number of hydrogen-bond donors (Lipinski definition) is 1. The number of anilines is 1. The van der Waals surface area contributed by atoms with E-state index in [0.29, 0.717) is 11.3 Å². The highest BCUT2D eigenvalue weighted by Gasteiger charge is 2.10. The molecular formula is C16H14N4. The Kier molecular flexibility index (Phi) is 2.69. The first-order chi connectivity index (χ1) is 9.60. The van der Waals surface area contributed by atoms with Crippen LogP contribution < -0.4 is 5.73 Å². The summed E-state index contributed by atoms with van der Waals surface area (Å²) >= 11 is 0. The third-order valence-corrected chi connectivity index (χ3v) is 3.56. The average Bonchev–Trinajstić information content (AvgIpc) is 2.82. The standard InChI is InChI=1S/C16H14N4/c1-10-5-14-16(6-11(10)2)20(9-19-14)15-4-3-13(18)7-12(15)8-17/h3-7,9H,18H2,1-2H3. The second kappa shape index (κ2) is 4.39. The van der Waals surface area contributed by atoms with Crippen LogP contribution in [0.1, 0.15) is 16.7 Å². The smallest absolute Gasteiger partial charge is 0.101 e. The van der Waals surface area contributed by atoms with Gasteiger partial charge in [0.05, 0.1) is 22.3 Å². The van der Waals surface area contributed by atoms with Crippen molar-refractivity contribution in [3.05, 3.63) is 53.3 Å². The molecule has 0 saturated carbocycles. The minimum absolute atomic E-state index is 0.544. The van der Waals surface area contributed by atoms with Gasteiger partial charge >= 0.3 is 0 Å². The number of hydrogen-bond acceptors (Lipinski definition) is 3. The van der Waals surface area contributed by atoms with Gasteiger partial charge in [-0.1, -0.05) is 0 Å². The molecule has 1 heterocycles. The second-order valence-corrected chi connectivity index (χ2v) is 4.93. The molecule has 0 bridgehead atoms. The third kappa shape index (κ3) is 1.81. The van der Waals surface area contributed by atoms with Gasteiger partial charge in [0.25, 0.3) is 0 Å². The van der Waals surface area contributed by atoms with Crippen LogP contribution in [0.15, 0.2) is 36.7 Å². The van der Waals surface area contributed by atoms with E-state index in [1.165, 1.54) is 11.1 Å². The molecule has 0 aliphatic rings. The van der Waals surface area contributed by atoms with Gasteiger partial charge in [-0.25, -0.2) is 4.98 Å². The Morgan fingerprint density at radius 3 is 2.65 bits per heavy atom. The number of nitriles is 1. The molecule has 3 aromatic rings. The van der Waals surface area contributed by atoms with Crippen LogP contribution in [0, 0.1) is 25.2 Å². The molecule has 0 fully saturated rings. The van der Waals surface area contributed by atoms with Crippen molar-refractivity contribution in [2.24, 2.45) is 0 Å². The van der Waals surface area contributed by atoms with Gasteiger partial charge in [-0.3, -0.25) is 4.57 Å². The van der Waals surface area contributed by atoms with Gasteiger partial charge in [-0.05, 0) is 55.3 Å². The van der Waals surface area contributed by atoms with Gasteiger partial charge in [0.2, 0.25) is 0 Å². The summed E-state index contributed by atoms with van der Waals surface area (Å²) in [5.41, 5.74) is 12.0. The van der Waals surface area contributed by atoms with Crippen molar-refractivity contribution in [1.82, 2.24) is 9.55 Å². The number of rotatable bonds is 1. The lowest BCUT2D eigenvalue weighted by molar-refractivity contribution is 1.08. The predicted octanol–water partition coefficient (Wildman–Crippen LogP) is 3.10. The fourth-order valence-electron chi connectivity index (χ4n) is 2.31. The lowest BCUT2D eigenvalue weighted by Crippen LogP contribution is -1.98. The van der Waals surface area contributed by atoms with Crippen molar-refractivity contribution < 1.29 is 0 Å². The summed E-state index contributed by atoms with van der Waals surface area (Å²) in [6.45, 7) is 4.14. The first-order valence-electron chi connectivity index (χ1n) is 6.34. The Hall–Kier alpha value is -2.80. The zero-order chi connectivity index (χ0) is 14.3. The lowest BCUT2D eigenvalue weighted by atomic mass is 10.1. The van der Waals surface area contributed by atoms with Crippen LogP contribution in [0.5, 0.6) is 0 Å². The zero-order valence-corrected chi connectivity index (χ0v) is 11.4. The summed E-state index contributed by atoms with van der Waals surface area (Å²) in [7, 11) is 0. The molecular weight excluding hydrogens is 248 g/mol. The summed E-state index contributed by atoms with van der Waals surface area (Å²) in [4.78, 5) is 4.42. The number of fused-ring (bicyclic) bond motifs is 1. The van der Waals surface area contributed by atoms with E-state index >= 15 is 0 Å². The normalized spacial score (nSPS) is 10.7. The Balaban J connectivity index is 2.31. The number of nitrogen functional groups attached to an aromatic ring is 1. The highest BCUT2D eigenvalue weighted by molar-refractivity contribution is 5.80. The van der Waals surface area contributed by atoms with Crippen LogP contribution in [0.3, 0.4) is 0 Å². The van der Waals surface area contributed by atoms with E-state index in [4.69, 9.17) is 5.73 Å². The van der Waals surface area contributed by atoms with E-state index in [-0.39, 0.29) is 0 Å². The molecule has 2 N–H and O–H groups in total. The van der Waals surface area contributed by atoms with Gasteiger partial charge < -0.3 is 5.73 Å². The number of nitrogens with zero attached hydrogens (tertiary/aromatic N) is 3. The molecule has 0 radical (unpaired) electrons. The molecule has 0 amide bonds. The van der Waals surface area contributed by atoms with Crippen LogP contribution in [-0.4, -0.2) is 9.55 Å².